The molecule has 1 aromatic carbocycles. The maximum Gasteiger partial charge on any atom is 0.290 e. The number of nitrogens with one attached hydrogen (secondary N) is 1. The highest BCUT2D eigenvalue weighted by Crippen LogP contribution is 2.34. The monoisotopic (exact) mass is 619 g/mol. The van der Waals surface area contributed by atoms with E-state index in [2.05, 4.69) is 19.8 Å². The van der Waals surface area contributed by atoms with Crippen molar-refractivity contribution in [1.82, 2.24) is 14.8 Å². The first-order valence-corrected chi connectivity index (χ1v) is 15.2. The predicted molar refractivity (Wildman–Crippen MR) is 159 cm³/mol. The van der Waals surface area contributed by atoms with Gasteiger partial charge < -0.3 is 21.1 Å². The molecular weight excluding hydrogens is 584 g/mol. The van der Waals surface area contributed by atoms with Crippen molar-refractivity contribution in [2.75, 3.05) is 29.6 Å². The Hall–Kier alpha value is -4.24. The first-order chi connectivity index (χ1) is 20.2. The number of pyridine rings is 1. The zero-order valence-electron chi connectivity index (χ0n) is 24.3. The number of benzene rings is 1. The van der Waals surface area contributed by atoms with E-state index < -0.39 is 33.5 Å². The number of halogens is 2. The minimum absolute atomic E-state index is 0.0500. The van der Waals surface area contributed by atoms with Crippen LogP contribution < -0.4 is 16.0 Å². The Labute approximate surface area is 248 Å². The first kappa shape index (κ1) is 33.3. The second-order valence-electron chi connectivity index (χ2n) is 10.2. The third kappa shape index (κ3) is 8.41. The van der Waals surface area contributed by atoms with E-state index in [1.165, 1.54) is 19.2 Å². The molecule has 4 N–H and O–H groups in total. The van der Waals surface area contributed by atoms with Crippen LogP contribution in [0.25, 0.3) is 11.1 Å². The topological polar surface area (TPSA) is 173 Å². The number of aryl methyl sites for hydroxylation is 1. The van der Waals surface area contributed by atoms with Crippen LogP contribution in [0.1, 0.15) is 42.1 Å². The maximum absolute atomic E-state index is 14.1. The zero-order valence-corrected chi connectivity index (χ0v) is 25.1. The van der Waals surface area contributed by atoms with Gasteiger partial charge in [0.2, 0.25) is 5.92 Å². The minimum atomic E-state index is -3.12. The molecule has 232 valence electrons. The quantitative estimate of drug-likeness (QED) is 0.348. The average molecular weight is 620 g/mol. The van der Waals surface area contributed by atoms with Crippen LogP contribution in [-0.2, 0) is 26.4 Å². The fourth-order valence-electron chi connectivity index (χ4n) is 4.54. The van der Waals surface area contributed by atoms with Crippen molar-refractivity contribution in [3.63, 3.8) is 0 Å². The molecule has 2 amide bonds. The van der Waals surface area contributed by atoms with Gasteiger partial charge in [-0.2, -0.15) is 9.46 Å². The lowest BCUT2D eigenvalue weighted by Crippen LogP contribution is -2.30. The van der Waals surface area contributed by atoms with Crippen molar-refractivity contribution >= 4 is 39.5 Å². The molecule has 0 saturated carbocycles. The molecule has 3 aromatic rings. The number of hydrogen-bond acceptors (Lipinski definition) is 8. The molecule has 4 rings (SSSR count). The Morgan fingerprint density at radius 2 is 1.95 bits per heavy atom. The van der Waals surface area contributed by atoms with Crippen molar-refractivity contribution in [3.8, 4) is 11.1 Å². The molecule has 15 heteroatoms. The number of amides is 2. The molecule has 2 atom stereocenters. The Bertz CT molecular complexity index is 1620. The Morgan fingerprint density at radius 1 is 1.26 bits per heavy atom. The molecule has 3 heterocycles. The molecule has 1 aliphatic heterocycles. The summed E-state index contributed by atoms with van der Waals surface area (Å²) in [6, 6.07) is 5.34. The molecule has 1 aliphatic rings. The molecule has 1 fully saturated rings. The smallest absolute Gasteiger partial charge is 0.290 e. The van der Waals surface area contributed by atoms with Crippen molar-refractivity contribution in [3.05, 3.63) is 54.0 Å². The van der Waals surface area contributed by atoms with Crippen LogP contribution in [0.3, 0.4) is 0 Å². The fraction of sp³-hybridized carbons (Fsp3) is 0.393. The van der Waals surface area contributed by atoms with Gasteiger partial charge in [-0.25, -0.2) is 18.0 Å². The molecule has 2 unspecified atom stereocenters. The highest BCUT2D eigenvalue weighted by molar-refractivity contribution is 7.93. The van der Waals surface area contributed by atoms with Crippen LogP contribution in [0.15, 0.2) is 52.1 Å². The summed E-state index contributed by atoms with van der Waals surface area (Å²) < 4.78 is 46.8. The summed E-state index contributed by atoms with van der Waals surface area (Å²) in [5, 5.41) is 13.9. The molecule has 0 radical (unpaired) electrons. The van der Waals surface area contributed by atoms with Gasteiger partial charge in [0.1, 0.15) is 5.82 Å². The van der Waals surface area contributed by atoms with E-state index in [1.807, 2.05) is 0 Å². The van der Waals surface area contributed by atoms with Crippen LogP contribution in [-0.4, -0.2) is 73.7 Å². The maximum atomic E-state index is 14.1. The van der Waals surface area contributed by atoms with Gasteiger partial charge in [-0.05, 0) is 44.0 Å². The van der Waals surface area contributed by atoms with Gasteiger partial charge >= 0.3 is 0 Å². The van der Waals surface area contributed by atoms with E-state index in [0.717, 1.165) is 5.56 Å². The van der Waals surface area contributed by atoms with E-state index in [1.54, 1.807) is 60.3 Å². The number of rotatable bonds is 6. The third-order valence-corrected chi connectivity index (χ3v) is 8.42. The van der Waals surface area contributed by atoms with Crippen LogP contribution in [0, 0.1) is 6.92 Å². The van der Waals surface area contributed by atoms with E-state index >= 15 is 0 Å². The Balaban J connectivity index is 0.00000162. The third-order valence-electron chi connectivity index (χ3n) is 6.76. The van der Waals surface area contributed by atoms with Crippen LogP contribution in [0.2, 0.25) is 0 Å². The van der Waals surface area contributed by atoms with Crippen molar-refractivity contribution in [1.29, 1.82) is 0 Å². The second kappa shape index (κ2) is 13.8. The summed E-state index contributed by atoms with van der Waals surface area (Å²) in [7, 11) is -1.35. The highest BCUT2D eigenvalue weighted by atomic mass is 32.2. The summed E-state index contributed by atoms with van der Waals surface area (Å²) in [6.07, 6.45) is 6.11. The van der Waals surface area contributed by atoms with Gasteiger partial charge in [0.15, 0.2) is 0 Å². The lowest BCUT2D eigenvalue weighted by atomic mass is 9.99. The van der Waals surface area contributed by atoms with Gasteiger partial charge in [0.05, 0.1) is 27.5 Å². The normalized spacial score (nSPS) is 16.5. The first-order valence-electron chi connectivity index (χ1n) is 13.3. The van der Waals surface area contributed by atoms with E-state index in [4.69, 9.17) is 15.6 Å². The standard InChI is InChI=1S/C27H33F2N7O3S.CH2O2/c1-17-22(19-14-32-35(3)16-19)15-31-24(36-11-6-9-27(28,29)10-12-36)23(17)26(38)33-20-7-5-8-21(13-20)40(4,39)34-25(37)18(2)30;2-1-3/h5,7-8,13-16,18H,6,9-12,30H2,1-4H3,(H,33,38);1H,(H,2,3). The molecule has 2 aromatic heterocycles. The largest absolute Gasteiger partial charge is 0.483 e. The Kier molecular flexibility index (Phi) is 10.7. The summed E-state index contributed by atoms with van der Waals surface area (Å²) in [4.78, 5) is 40.7. The molecule has 43 heavy (non-hydrogen) atoms. The van der Waals surface area contributed by atoms with Crippen LogP contribution in [0.5, 0.6) is 0 Å². The zero-order chi connectivity index (χ0) is 31.9. The summed E-state index contributed by atoms with van der Waals surface area (Å²) >= 11 is 0. The van der Waals surface area contributed by atoms with E-state index in [-0.39, 0.29) is 42.7 Å². The number of alkyl halides is 2. The number of carboxylic acid groups (broad SMARTS) is 1. The summed E-state index contributed by atoms with van der Waals surface area (Å²) in [6.45, 7) is 3.37. The lowest BCUT2D eigenvalue weighted by Gasteiger charge is -2.26. The van der Waals surface area contributed by atoms with Crippen molar-refractivity contribution in [2.45, 2.75) is 50.0 Å². The van der Waals surface area contributed by atoms with E-state index in [0.29, 0.717) is 29.2 Å². The Morgan fingerprint density at radius 3 is 2.58 bits per heavy atom. The van der Waals surface area contributed by atoms with Crippen molar-refractivity contribution < 1.29 is 32.5 Å². The van der Waals surface area contributed by atoms with Gasteiger partial charge in [-0.15, -0.1) is 0 Å². The average Bonchev–Trinajstić information content (AvgIpc) is 3.27. The van der Waals surface area contributed by atoms with Crippen LogP contribution >= 0.6 is 0 Å². The van der Waals surface area contributed by atoms with E-state index in [9.17, 15) is 22.6 Å². The lowest BCUT2D eigenvalue weighted by molar-refractivity contribution is -0.123. The molecule has 1 saturated heterocycles. The SMILES string of the molecule is Cc1c(-c2cnn(C)c2)cnc(N2CCCC(F)(F)CC2)c1C(=O)Nc1cccc(S(C)(=O)=NC(=O)C(C)N)c1.O=CO. The molecule has 0 aliphatic carbocycles. The fourth-order valence-corrected chi connectivity index (χ4v) is 5.83. The molecular formula is C28H35F2N7O5S. The summed E-state index contributed by atoms with van der Waals surface area (Å²) in [5.41, 5.74) is 8.18. The summed E-state index contributed by atoms with van der Waals surface area (Å²) in [5.74, 6) is -3.66. The second-order valence-corrected chi connectivity index (χ2v) is 12.5. The number of nitrogens with zero attached hydrogens (tertiary/aromatic N) is 5. The van der Waals surface area contributed by atoms with Gasteiger partial charge in [-0.1, -0.05) is 6.07 Å². The number of carbonyl (C=O) groups is 3. The van der Waals surface area contributed by atoms with Crippen molar-refractivity contribution in [2.24, 2.45) is 17.1 Å². The number of nitrogens with two attached hydrogens (primary N) is 1. The minimum Gasteiger partial charge on any atom is -0.483 e. The molecule has 12 nitrogen and oxygen atoms in total. The van der Waals surface area contributed by atoms with Crippen LogP contribution in [0.4, 0.5) is 20.3 Å². The highest BCUT2D eigenvalue weighted by Gasteiger charge is 2.33. The predicted octanol–water partition coefficient (Wildman–Crippen LogP) is 3.70. The number of carbonyl (C=O) groups excluding carboxylic acids is 2. The van der Waals surface area contributed by atoms with Gasteiger partial charge in [0.25, 0.3) is 18.3 Å². The number of anilines is 2. The van der Waals surface area contributed by atoms with Gasteiger partial charge in [-0.3, -0.25) is 19.1 Å². The molecule has 0 bridgehead atoms. The molecule has 0 spiro atoms. The number of hydrogen-bond donors (Lipinski definition) is 3. The van der Waals surface area contributed by atoms with Gasteiger partial charge in [0, 0.05) is 73.3 Å². The number of aromatic nitrogens is 3.